The van der Waals surface area contributed by atoms with Crippen molar-refractivity contribution in [1.82, 2.24) is 10.2 Å². The third-order valence-corrected chi connectivity index (χ3v) is 4.34. The van der Waals surface area contributed by atoms with Gasteiger partial charge in [-0.2, -0.15) is 0 Å². The first-order valence-corrected chi connectivity index (χ1v) is 8.89. The summed E-state index contributed by atoms with van der Waals surface area (Å²) >= 11 is 3.31. The van der Waals surface area contributed by atoms with Gasteiger partial charge in [0.05, 0.1) is 6.54 Å². The van der Waals surface area contributed by atoms with Crippen molar-refractivity contribution in [3.8, 4) is 0 Å². The molecular formula is C17H27BrN2O3. The van der Waals surface area contributed by atoms with Gasteiger partial charge in [-0.3, -0.25) is 0 Å². The van der Waals surface area contributed by atoms with Gasteiger partial charge >= 0.3 is 6.09 Å². The highest BCUT2D eigenvalue weighted by molar-refractivity contribution is 9.10. The quantitative estimate of drug-likeness (QED) is 0.843. The molecule has 0 bridgehead atoms. The molecule has 1 amide bonds. The van der Waals surface area contributed by atoms with Gasteiger partial charge < -0.3 is 19.4 Å². The van der Waals surface area contributed by atoms with Gasteiger partial charge in [0.25, 0.3) is 0 Å². The van der Waals surface area contributed by atoms with E-state index in [9.17, 15) is 4.79 Å². The van der Waals surface area contributed by atoms with Crippen molar-refractivity contribution in [1.29, 1.82) is 0 Å². The number of carbonyl (C=O) groups excluding carboxylic acids is 1. The number of furan rings is 1. The van der Waals surface area contributed by atoms with Gasteiger partial charge in [-0.25, -0.2) is 4.79 Å². The zero-order valence-corrected chi connectivity index (χ0v) is 16.0. The summed E-state index contributed by atoms with van der Waals surface area (Å²) in [7, 11) is 0. The molecule has 23 heavy (non-hydrogen) atoms. The Morgan fingerprint density at radius 2 is 2.22 bits per heavy atom. The minimum Gasteiger partial charge on any atom is -0.453 e. The van der Waals surface area contributed by atoms with Crippen molar-refractivity contribution in [2.45, 2.75) is 52.7 Å². The molecule has 2 heterocycles. The second kappa shape index (κ2) is 7.26. The van der Waals surface area contributed by atoms with Gasteiger partial charge in [-0.1, -0.05) is 6.92 Å². The van der Waals surface area contributed by atoms with Crippen molar-refractivity contribution in [3.05, 3.63) is 22.6 Å². The number of amides is 1. The van der Waals surface area contributed by atoms with Crippen LogP contribution in [-0.2, 0) is 11.3 Å². The van der Waals surface area contributed by atoms with Crippen LogP contribution in [0.5, 0.6) is 0 Å². The molecule has 130 valence electrons. The fraction of sp³-hybridized carbons (Fsp3) is 0.706. The number of nitrogens with one attached hydrogen (secondary N) is 1. The Kier molecular flexibility index (Phi) is 5.79. The molecule has 5 nitrogen and oxygen atoms in total. The van der Waals surface area contributed by atoms with Crippen molar-refractivity contribution >= 4 is 22.0 Å². The van der Waals surface area contributed by atoms with Crippen LogP contribution in [0.3, 0.4) is 0 Å². The van der Waals surface area contributed by atoms with Gasteiger partial charge in [-0.05, 0) is 67.1 Å². The second-order valence-electron chi connectivity index (χ2n) is 7.63. The van der Waals surface area contributed by atoms with Crippen LogP contribution in [0.25, 0.3) is 0 Å². The van der Waals surface area contributed by atoms with Gasteiger partial charge in [0.2, 0.25) is 0 Å². The number of hydrogen-bond donors (Lipinski definition) is 1. The largest absolute Gasteiger partial charge is 0.453 e. The molecule has 0 saturated carbocycles. The molecule has 0 spiro atoms. The lowest BCUT2D eigenvalue weighted by Crippen LogP contribution is -2.50. The van der Waals surface area contributed by atoms with E-state index in [1.165, 1.54) is 0 Å². The van der Waals surface area contributed by atoms with E-state index in [0.717, 1.165) is 42.9 Å². The van der Waals surface area contributed by atoms with E-state index in [4.69, 9.17) is 9.15 Å². The van der Waals surface area contributed by atoms with Crippen LogP contribution in [0.4, 0.5) is 4.79 Å². The standard InChI is InChI=1S/C17H27BrN2O3/c1-16(2,3)23-15(21)20-9-5-8-17(4,12-20)11-19-10-13-6-7-14(18)22-13/h6-7,19H,5,8-12H2,1-4H3. The number of likely N-dealkylation sites (tertiary alicyclic amines) is 1. The molecule has 1 aromatic rings. The maximum atomic E-state index is 12.3. The third kappa shape index (κ3) is 5.84. The molecule has 1 unspecified atom stereocenters. The summed E-state index contributed by atoms with van der Waals surface area (Å²) in [6.07, 6.45) is 1.89. The van der Waals surface area contributed by atoms with E-state index < -0.39 is 5.60 Å². The molecule has 1 N–H and O–H groups in total. The molecule has 0 aliphatic carbocycles. The van der Waals surface area contributed by atoms with Crippen LogP contribution >= 0.6 is 15.9 Å². The third-order valence-electron chi connectivity index (χ3n) is 3.91. The molecule has 6 heteroatoms. The maximum Gasteiger partial charge on any atom is 0.410 e. The lowest BCUT2D eigenvalue weighted by atomic mass is 9.82. The van der Waals surface area contributed by atoms with Gasteiger partial charge in [0.15, 0.2) is 4.67 Å². The molecule has 2 rings (SSSR count). The first kappa shape index (κ1) is 18.3. The number of piperidine rings is 1. The average molecular weight is 387 g/mol. The Morgan fingerprint density at radius 1 is 1.48 bits per heavy atom. The molecule has 0 radical (unpaired) electrons. The molecule has 1 atom stereocenters. The Balaban J connectivity index is 1.84. The highest BCUT2D eigenvalue weighted by atomic mass is 79.9. The zero-order chi connectivity index (χ0) is 17.1. The van der Waals surface area contributed by atoms with E-state index in [1.807, 2.05) is 37.8 Å². The van der Waals surface area contributed by atoms with Crippen LogP contribution in [-0.4, -0.2) is 36.2 Å². The SMILES string of the molecule is CC1(CNCc2ccc(Br)o2)CCCN(C(=O)OC(C)(C)C)C1. The molecular weight excluding hydrogens is 360 g/mol. The lowest BCUT2D eigenvalue weighted by molar-refractivity contribution is 0.00669. The van der Waals surface area contributed by atoms with Gasteiger partial charge in [-0.15, -0.1) is 0 Å². The number of ether oxygens (including phenoxy) is 1. The number of nitrogens with zero attached hydrogens (tertiary/aromatic N) is 1. The van der Waals surface area contributed by atoms with Crippen molar-refractivity contribution in [3.63, 3.8) is 0 Å². The van der Waals surface area contributed by atoms with Crippen molar-refractivity contribution < 1.29 is 13.9 Å². The van der Waals surface area contributed by atoms with E-state index in [2.05, 4.69) is 28.2 Å². The van der Waals surface area contributed by atoms with Crippen molar-refractivity contribution in [2.24, 2.45) is 5.41 Å². The number of rotatable bonds is 4. The maximum absolute atomic E-state index is 12.3. The number of halogens is 1. The highest BCUT2D eigenvalue weighted by Gasteiger charge is 2.34. The fourth-order valence-corrected chi connectivity index (χ4v) is 3.22. The molecule has 1 aromatic heterocycles. The van der Waals surface area contributed by atoms with E-state index in [0.29, 0.717) is 6.54 Å². The van der Waals surface area contributed by atoms with Crippen LogP contribution in [0.1, 0.15) is 46.3 Å². The predicted molar refractivity (Wildman–Crippen MR) is 93.3 cm³/mol. The smallest absolute Gasteiger partial charge is 0.410 e. The summed E-state index contributed by atoms with van der Waals surface area (Å²) in [5.74, 6) is 0.903. The van der Waals surface area contributed by atoms with E-state index >= 15 is 0 Å². The highest BCUT2D eigenvalue weighted by Crippen LogP contribution is 2.29. The van der Waals surface area contributed by atoms with Crippen LogP contribution < -0.4 is 5.32 Å². The minimum absolute atomic E-state index is 0.0545. The Bertz CT molecular complexity index is 538. The topological polar surface area (TPSA) is 54.7 Å². The first-order valence-electron chi connectivity index (χ1n) is 8.10. The summed E-state index contributed by atoms with van der Waals surface area (Å²) in [6.45, 7) is 10.9. The molecule has 0 aromatic carbocycles. The predicted octanol–water partition coefficient (Wildman–Crippen LogP) is 4.17. The molecule has 1 saturated heterocycles. The Labute approximate surface area is 146 Å². The molecule has 1 aliphatic heterocycles. The van der Waals surface area contributed by atoms with E-state index in [1.54, 1.807) is 0 Å². The molecule has 1 fully saturated rings. The Morgan fingerprint density at radius 3 is 2.83 bits per heavy atom. The monoisotopic (exact) mass is 386 g/mol. The first-order chi connectivity index (χ1) is 10.7. The number of hydrogen-bond acceptors (Lipinski definition) is 4. The number of carbonyl (C=O) groups is 1. The summed E-state index contributed by atoms with van der Waals surface area (Å²) in [5, 5.41) is 3.44. The summed E-state index contributed by atoms with van der Waals surface area (Å²) in [6, 6.07) is 3.84. The normalized spacial score (nSPS) is 22.2. The Hall–Kier alpha value is -1.01. The minimum atomic E-state index is -0.449. The van der Waals surface area contributed by atoms with Crippen LogP contribution in [0.15, 0.2) is 21.2 Å². The van der Waals surface area contributed by atoms with Gasteiger partial charge in [0.1, 0.15) is 11.4 Å². The van der Waals surface area contributed by atoms with Crippen LogP contribution in [0.2, 0.25) is 0 Å². The zero-order valence-electron chi connectivity index (χ0n) is 14.4. The fourth-order valence-electron chi connectivity index (χ4n) is 2.88. The lowest BCUT2D eigenvalue weighted by Gasteiger charge is -2.41. The van der Waals surface area contributed by atoms with Crippen LogP contribution in [0, 0.1) is 5.41 Å². The summed E-state index contributed by atoms with van der Waals surface area (Å²) in [5.41, 5.74) is -0.394. The average Bonchev–Trinajstić information content (AvgIpc) is 2.82. The van der Waals surface area contributed by atoms with Crippen molar-refractivity contribution in [2.75, 3.05) is 19.6 Å². The second-order valence-corrected chi connectivity index (χ2v) is 8.41. The summed E-state index contributed by atoms with van der Waals surface area (Å²) < 4.78 is 11.7. The molecule has 1 aliphatic rings. The summed E-state index contributed by atoms with van der Waals surface area (Å²) in [4.78, 5) is 14.1. The van der Waals surface area contributed by atoms with E-state index in [-0.39, 0.29) is 11.5 Å². The van der Waals surface area contributed by atoms with Gasteiger partial charge in [0, 0.05) is 19.6 Å².